The number of hydrogen-bond acceptors (Lipinski definition) is 0. The van der Waals surface area contributed by atoms with E-state index in [9.17, 15) is 0 Å². The average Bonchev–Trinajstić information content (AvgIpc) is 2.51. The Kier molecular flexibility index (Phi) is 1.71. The largest absolute Gasteiger partial charge is 0.361 e. The highest BCUT2D eigenvalue weighted by Crippen LogP contribution is 2.14. The molecule has 0 amide bonds. The van der Waals surface area contributed by atoms with E-state index < -0.39 is 0 Å². The summed E-state index contributed by atoms with van der Waals surface area (Å²) in [6, 6.07) is 8.47. The normalized spacial score (nSPS) is 11.4. The first-order valence-electron chi connectivity index (χ1n) is 4.10. The third kappa shape index (κ3) is 1.14. The summed E-state index contributed by atoms with van der Waals surface area (Å²) in [5.74, 6) is 0. The van der Waals surface area contributed by atoms with E-state index in [1.807, 2.05) is 19.2 Å². The molecule has 0 atom stereocenters. The van der Waals surface area contributed by atoms with Crippen molar-refractivity contribution in [3.8, 4) is 0 Å². The molecule has 0 spiro atoms. The zero-order valence-electron chi connectivity index (χ0n) is 7.04. The molecular formula is C11H11N. The van der Waals surface area contributed by atoms with Crippen molar-refractivity contribution in [2.75, 3.05) is 0 Å². The quantitative estimate of drug-likeness (QED) is 0.654. The SMILES string of the molecule is C/C=C/c1ccc2[nH]ccc2c1. The summed E-state index contributed by atoms with van der Waals surface area (Å²) < 4.78 is 0. The number of aromatic nitrogens is 1. The van der Waals surface area contributed by atoms with Gasteiger partial charge < -0.3 is 4.98 Å². The molecule has 0 aliphatic rings. The van der Waals surface area contributed by atoms with Gasteiger partial charge in [0.15, 0.2) is 0 Å². The van der Waals surface area contributed by atoms with Crippen LogP contribution in [0.25, 0.3) is 17.0 Å². The molecule has 1 heteroatoms. The van der Waals surface area contributed by atoms with Crippen LogP contribution >= 0.6 is 0 Å². The second kappa shape index (κ2) is 2.86. The van der Waals surface area contributed by atoms with Crippen molar-refractivity contribution >= 4 is 17.0 Å². The molecule has 0 aliphatic heterocycles. The van der Waals surface area contributed by atoms with Crippen molar-refractivity contribution < 1.29 is 0 Å². The molecule has 0 unspecified atom stereocenters. The van der Waals surface area contributed by atoms with Gasteiger partial charge in [-0.1, -0.05) is 18.2 Å². The van der Waals surface area contributed by atoms with Crippen LogP contribution in [0, 0.1) is 0 Å². The maximum absolute atomic E-state index is 3.16. The highest BCUT2D eigenvalue weighted by molar-refractivity contribution is 5.81. The molecule has 0 saturated heterocycles. The summed E-state index contributed by atoms with van der Waals surface area (Å²) in [5.41, 5.74) is 2.45. The Morgan fingerprint density at radius 3 is 3.00 bits per heavy atom. The van der Waals surface area contributed by atoms with Crippen molar-refractivity contribution in [1.82, 2.24) is 4.98 Å². The topological polar surface area (TPSA) is 15.8 Å². The van der Waals surface area contributed by atoms with E-state index in [1.165, 1.54) is 16.5 Å². The number of benzene rings is 1. The standard InChI is InChI=1S/C11H11N/c1-2-3-9-4-5-11-10(8-9)6-7-12-11/h2-8,12H,1H3/b3-2+. The van der Waals surface area contributed by atoms with Crippen LogP contribution in [0.2, 0.25) is 0 Å². The Hall–Kier alpha value is -1.50. The maximum Gasteiger partial charge on any atom is 0.0454 e. The van der Waals surface area contributed by atoms with E-state index in [0.29, 0.717) is 0 Å². The Morgan fingerprint density at radius 1 is 1.25 bits per heavy atom. The Balaban J connectivity index is 2.60. The van der Waals surface area contributed by atoms with Crippen LogP contribution in [-0.4, -0.2) is 4.98 Å². The first-order valence-corrected chi connectivity index (χ1v) is 4.10. The lowest BCUT2D eigenvalue weighted by molar-refractivity contribution is 1.48. The van der Waals surface area contributed by atoms with Crippen molar-refractivity contribution in [3.63, 3.8) is 0 Å². The van der Waals surface area contributed by atoms with Crippen molar-refractivity contribution in [3.05, 3.63) is 42.1 Å². The van der Waals surface area contributed by atoms with Crippen molar-refractivity contribution in [2.45, 2.75) is 6.92 Å². The van der Waals surface area contributed by atoms with Crippen LogP contribution in [0.5, 0.6) is 0 Å². The van der Waals surface area contributed by atoms with Crippen LogP contribution in [0.4, 0.5) is 0 Å². The molecule has 12 heavy (non-hydrogen) atoms. The number of hydrogen-bond donors (Lipinski definition) is 1. The predicted octanol–water partition coefficient (Wildman–Crippen LogP) is 3.20. The molecule has 1 N–H and O–H groups in total. The molecular weight excluding hydrogens is 146 g/mol. The van der Waals surface area contributed by atoms with Gasteiger partial charge in [0, 0.05) is 11.7 Å². The first kappa shape index (κ1) is 7.17. The van der Waals surface area contributed by atoms with Gasteiger partial charge in [0.1, 0.15) is 0 Å². The average molecular weight is 157 g/mol. The predicted molar refractivity (Wildman–Crippen MR) is 53.0 cm³/mol. The number of H-pyrrole nitrogens is 1. The van der Waals surface area contributed by atoms with Crippen LogP contribution in [0.15, 0.2) is 36.5 Å². The van der Waals surface area contributed by atoms with Gasteiger partial charge in [-0.05, 0) is 36.1 Å². The van der Waals surface area contributed by atoms with E-state index in [2.05, 4.69) is 35.3 Å². The fourth-order valence-electron chi connectivity index (χ4n) is 1.37. The van der Waals surface area contributed by atoms with Gasteiger partial charge in [0.05, 0.1) is 0 Å². The third-order valence-corrected chi connectivity index (χ3v) is 1.94. The number of nitrogens with one attached hydrogen (secondary N) is 1. The minimum absolute atomic E-state index is 1.20. The first-order chi connectivity index (χ1) is 5.90. The maximum atomic E-state index is 3.16. The minimum atomic E-state index is 1.20. The van der Waals surface area contributed by atoms with Gasteiger partial charge in [-0.25, -0.2) is 0 Å². The summed E-state index contributed by atoms with van der Waals surface area (Å²) in [7, 11) is 0. The molecule has 0 fully saturated rings. The third-order valence-electron chi connectivity index (χ3n) is 1.94. The van der Waals surface area contributed by atoms with E-state index in [4.69, 9.17) is 0 Å². The van der Waals surface area contributed by atoms with Crippen LogP contribution in [0.3, 0.4) is 0 Å². The van der Waals surface area contributed by atoms with E-state index in [-0.39, 0.29) is 0 Å². The lowest BCUT2D eigenvalue weighted by Crippen LogP contribution is -1.71. The molecule has 0 saturated carbocycles. The summed E-state index contributed by atoms with van der Waals surface area (Å²) >= 11 is 0. The van der Waals surface area contributed by atoms with Crippen LogP contribution in [0.1, 0.15) is 12.5 Å². The van der Waals surface area contributed by atoms with Crippen LogP contribution in [-0.2, 0) is 0 Å². The molecule has 1 nitrogen and oxygen atoms in total. The van der Waals surface area contributed by atoms with Gasteiger partial charge in [-0.2, -0.15) is 0 Å². The highest BCUT2D eigenvalue weighted by atomic mass is 14.7. The molecule has 1 aromatic carbocycles. The highest BCUT2D eigenvalue weighted by Gasteiger charge is 1.92. The molecule has 0 aliphatic carbocycles. The number of rotatable bonds is 1. The lowest BCUT2D eigenvalue weighted by Gasteiger charge is -1.92. The molecule has 2 aromatic rings. The van der Waals surface area contributed by atoms with E-state index in [1.54, 1.807) is 0 Å². The van der Waals surface area contributed by atoms with Crippen molar-refractivity contribution in [1.29, 1.82) is 0 Å². The minimum Gasteiger partial charge on any atom is -0.361 e. The second-order valence-electron chi connectivity index (χ2n) is 2.82. The Bertz CT molecular complexity index is 410. The molecule has 2 rings (SSSR count). The molecule has 60 valence electrons. The van der Waals surface area contributed by atoms with E-state index >= 15 is 0 Å². The second-order valence-corrected chi connectivity index (χ2v) is 2.82. The molecule has 1 heterocycles. The summed E-state index contributed by atoms with van der Waals surface area (Å²) in [6.07, 6.45) is 6.12. The zero-order chi connectivity index (χ0) is 8.39. The number of allylic oxidation sites excluding steroid dienone is 1. The summed E-state index contributed by atoms with van der Waals surface area (Å²) in [6.45, 7) is 2.03. The van der Waals surface area contributed by atoms with Crippen LogP contribution < -0.4 is 0 Å². The zero-order valence-corrected chi connectivity index (χ0v) is 7.04. The van der Waals surface area contributed by atoms with Gasteiger partial charge in [0.25, 0.3) is 0 Å². The molecule has 0 radical (unpaired) electrons. The number of fused-ring (bicyclic) bond motifs is 1. The Morgan fingerprint density at radius 2 is 2.17 bits per heavy atom. The fourth-order valence-corrected chi connectivity index (χ4v) is 1.37. The summed E-state index contributed by atoms with van der Waals surface area (Å²) in [5, 5.41) is 1.27. The van der Waals surface area contributed by atoms with E-state index in [0.717, 1.165) is 0 Å². The van der Waals surface area contributed by atoms with Gasteiger partial charge in [-0.15, -0.1) is 0 Å². The monoisotopic (exact) mass is 157 g/mol. The summed E-state index contributed by atoms with van der Waals surface area (Å²) in [4.78, 5) is 3.16. The fraction of sp³-hybridized carbons (Fsp3) is 0.0909. The smallest absolute Gasteiger partial charge is 0.0454 e. The van der Waals surface area contributed by atoms with Gasteiger partial charge in [0.2, 0.25) is 0 Å². The van der Waals surface area contributed by atoms with Gasteiger partial charge >= 0.3 is 0 Å². The van der Waals surface area contributed by atoms with Crippen molar-refractivity contribution in [2.24, 2.45) is 0 Å². The van der Waals surface area contributed by atoms with Gasteiger partial charge in [-0.3, -0.25) is 0 Å². The molecule has 1 aromatic heterocycles. The number of aromatic amines is 1. The molecule has 0 bridgehead atoms. The lowest BCUT2D eigenvalue weighted by atomic mass is 10.1. The Labute approximate surface area is 71.7 Å².